The van der Waals surface area contributed by atoms with Crippen molar-refractivity contribution in [2.24, 2.45) is 0 Å². The number of hydrogen-bond acceptors (Lipinski definition) is 7. The van der Waals surface area contributed by atoms with Crippen LogP contribution in [-0.2, 0) is 40.7 Å². The van der Waals surface area contributed by atoms with E-state index in [1.165, 1.54) is 23.5 Å². The molecule has 0 spiro atoms. The lowest BCUT2D eigenvalue weighted by Gasteiger charge is -2.28. The molecule has 0 unspecified atom stereocenters. The Morgan fingerprint density at radius 3 is 2.86 bits per heavy atom. The van der Waals surface area contributed by atoms with Crippen molar-refractivity contribution in [3.8, 4) is 11.5 Å². The minimum absolute atomic E-state index is 0.0771. The van der Waals surface area contributed by atoms with Crippen LogP contribution in [0, 0.1) is 5.82 Å². The van der Waals surface area contributed by atoms with Gasteiger partial charge in [-0.1, -0.05) is 6.07 Å². The Hall–Kier alpha value is -3.22. The van der Waals surface area contributed by atoms with Crippen LogP contribution in [0.5, 0.6) is 0 Å². The number of carbonyl (C=O) groups excluding carboxylic acids is 1. The number of halogens is 1. The van der Waals surface area contributed by atoms with Gasteiger partial charge < -0.3 is 14.6 Å². The average Bonchev–Trinajstić information content (AvgIpc) is 3.46. The predicted octanol–water partition coefficient (Wildman–Crippen LogP) is 2.01. The van der Waals surface area contributed by atoms with Crippen molar-refractivity contribution in [2.75, 3.05) is 31.3 Å². The number of amides is 1. The van der Waals surface area contributed by atoms with E-state index in [4.69, 9.17) is 4.74 Å². The molecule has 5 rings (SSSR count). The molecule has 0 bridgehead atoms. The van der Waals surface area contributed by atoms with Gasteiger partial charge in [0.05, 0.1) is 17.9 Å². The zero-order valence-electron chi connectivity index (χ0n) is 19.2. The minimum Gasteiger partial charge on any atom is -0.384 e. The second-order valence-corrected chi connectivity index (χ2v) is 10.6. The van der Waals surface area contributed by atoms with Crippen molar-refractivity contribution >= 4 is 21.7 Å². The number of methoxy groups -OCH3 is 1. The van der Waals surface area contributed by atoms with Crippen molar-refractivity contribution in [1.29, 1.82) is 0 Å². The number of carbonyl (C=O) groups is 1. The molecule has 1 N–H and O–H groups in total. The fourth-order valence-corrected chi connectivity index (χ4v) is 5.78. The van der Waals surface area contributed by atoms with E-state index in [9.17, 15) is 17.6 Å². The SMILES string of the molecule is COCCS(=O)(=O)N1CCc2cc(F)c(C(=O)Nc3cccc(-c4nnc5n4CCC5)n3)cc2C1. The van der Waals surface area contributed by atoms with E-state index in [1.807, 2.05) is 4.57 Å². The van der Waals surface area contributed by atoms with Crippen molar-refractivity contribution in [3.63, 3.8) is 0 Å². The number of ether oxygens (including phenoxy) is 1. The van der Waals surface area contributed by atoms with Crippen LogP contribution in [-0.4, -0.2) is 64.4 Å². The second-order valence-electron chi connectivity index (χ2n) is 8.55. The Morgan fingerprint density at radius 1 is 1.17 bits per heavy atom. The first kappa shape index (κ1) is 23.5. The highest BCUT2D eigenvalue weighted by atomic mass is 32.2. The molecule has 1 aromatic carbocycles. The van der Waals surface area contributed by atoms with E-state index < -0.39 is 21.7 Å². The van der Waals surface area contributed by atoms with Gasteiger partial charge in [-0.15, -0.1) is 10.2 Å². The number of pyridine rings is 1. The molecule has 4 heterocycles. The quantitative estimate of drug-likeness (QED) is 0.527. The Balaban J connectivity index is 1.36. The summed E-state index contributed by atoms with van der Waals surface area (Å²) in [7, 11) is -2.08. The molecule has 0 saturated heterocycles. The fraction of sp³-hybridized carbons (Fsp3) is 0.391. The molecule has 184 valence electrons. The number of sulfonamides is 1. The monoisotopic (exact) mass is 500 g/mol. The number of fused-ring (bicyclic) bond motifs is 2. The van der Waals surface area contributed by atoms with Crippen LogP contribution in [0.1, 0.15) is 33.7 Å². The molecule has 2 aromatic heterocycles. The third kappa shape index (κ3) is 4.68. The van der Waals surface area contributed by atoms with Gasteiger partial charge in [-0.25, -0.2) is 17.8 Å². The predicted molar refractivity (Wildman–Crippen MR) is 126 cm³/mol. The molecule has 0 radical (unpaired) electrons. The van der Waals surface area contributed by atoms with Crippen LogP contribution < -0.4 is 5.32 Å². The molecule has 35 heavy (non-hydrogen) atoms. The van der Waals surface area contributed by atoms with E-state index in [2.05, 4.69) is 20.5 Å². The topological polar surface area (TPSA) is 119 Å². The number of rotatable bonds is 7. The van der Waals surface area contributed by atoms with Crippen LogP contribution in [0.4, 0.5) is 10.2 Å². The summed E-state index contributed by atoms with van der Waals surface area (Å²) in [4.78, 5) is 17.4. The summed E-state index contributed by atoms with van der Waals surface area (Å²) < 4.78 is 48.2. The summed E-state index contributed by atoms with van der Waals surface area (Å²) in [6.07, 6.45) is 2.23. The lowest BCUT2D eigenvalue weighted by Crippen LogP contribution is -2.38. The summed E-state index contributed by atoms with van der Waals surface area (Å²) in [6, 6.07) is 7.87. The van der Waals surface area contributed by atoms with Gasteiger partial charge in [-0.3, -0.25) is 4.79 Å². The van der Waals surface area contributed by atoms with Gasteiger partial charge in [0.25, 0.3) is 5.91 Å². The summed E-state index contributed by atoms with van der Waals surface area (Å²) in [5.74, 6) is 0.326. The van der Waals surface area contributed by atoms with E-state index in [-0.39, 0.29) is 36.8 Å². The van der Waals surface area contributed by atoms with Crippen molar-refractivity contribution in [3.05, 3.63) is 58.7 Å². The third-order valence-corrected chi connectivity index (χ3v) is 8.06. The largest absolute Gasteiger partial charge is 0.384 e. The molecule has 0 saturated carbocycles. The average molecular weight is 501 g/mol. The molecular weight excluding hydrogens is 475 g/mol. The number of hydrogen-bond donors (Lipinski definition) is 1. The standard InChI is InChI=1S/C23H25FN6O4S/c1-34-10-11-35(32,33)29-9-7-15-13-18(24)17(12-16(15)14-29)23(31)26-20-5-2-4-19(25-20)22-28-27-21-6-3-8-30(21)22/h2,4-5,12-13H,3,6-11,14H2,1H3,(H,25,26,31). The lowest BCUT2D eigenvalue weighted by molar-refractivity contribution is 0.102. The number of benzene rings is 1. The van der Waals surface area contributed by atoms with Gasteiger partial charge in [-0.05, 0) is 48.2 Å². The molecule has 10 nitrogen and oxygen atoms in total. The molecular formula is C23H25FN6O4S. The third-order valence-electron chi connectivity index (χ3n) is 6.28. The first-order chi connectivity index (χ1) is 16.9. The first-order valence-corrected chi connectivity index (χ1v) is 13.0. The summed E-state index contributed by atoms with van der Waals surface area (Å²) in [6.45, 7) is 1.24. The number of aromatic nitrogens is 4. The molecule has 2 aliphatic heterocycles. The first-order valence-electron chi connectivity index (χ1n) is 11.3. The maximum Gasteiger partial charge on any atom is 0.259 e. The fourth-order valence-electron chi connectivity index (χ4n) is 4.44. The van der Waals surface area contributed by atoms with Crippen molar-refractivity contribution in [2.45, 2.75) is 32.4 Å². The van der Waals surface area contributed by atoms with Crippen LogP contribution in [0.25, 0.3) is 11.5 Å². The van der Waals surface area contributed by atoms with Gasteiger partial charge in [0, 0.05) is 33.2 Å². The van der Waals surface area contributed by atoms with Crippen LogP contribution in [0.2, 0.25) is 0 Å². The molecule has 0 aliphatic carbocycles. The van der Waals surface area contributed by atoms with Gasteiger partial charge in [0.15, 0.2) is 5.82 Å². The molecule has 0 fully saturated rings. The Morgan fingerprint density at radius 2 is 2.03 bits per heavy atom. The van der Waals surface area contributed by atoms with Crippen LogP contribution in [0.15, 0.2) is 30.3 Å². The zero-order valence-corrected chi connectivity index (χ0v) is 20.0. The van der Waals surface area contributed by atoms with Gasteiger partial charge in [-0.2, -0.15) is 4.31 Å². The van der Waals surface area contributed by atoms with E-state index >= 15 is 0 Å². The number of anilines is 1. The Labute approximate surface area is 202 Å². The lowest BCUT2D eigenvalue weighted by atomic mass is 9.97. The molecule has 2 aliphatic rings. The highest BCUT2D eigenvalue weighted by Crippen LogP contribution is 2.26. The van der Waals surface area contributed by atoms with Gasteiger partial charge in [0.1, 0.15) is 23.2 Å². The Bertz CT molecular complexity index is 1390. The Kier molecular flexibility index (Phi) is 6.34. The summed E-state index contributed by atoms with van der Waals surface area (Å²) >= 11 is 0. The van der Waals surface area contributed by atoms with Crippen LogP contribution >= 0.6 is 0 Å². The second kappa shape index (κ2) is 9.44. The summed E-state index contributed by atoms with van der Waals surface area (Å²) in [5.41, 5.74) is 1.68. The van der Waals surface area contributed by atoms with Gasteiger partial charge in [0.2, 0.25) is 10.0 Å². The van der Waals surface area contributed by atoms with E-state index in [1.54, 1.807) is 18.2 Å². The smallest absolute Gasteiger partial charge is 0.259 e. The normalized spacial score (nSPS) is 15.6. The maximum absolute atomic E-state index is 14.8. The van der Waals surface area contributed by atoms with E-state index in [0.717, 1.165) is 25.2 Å². The molecule has 12 heteroatoms. The highest BCUT2D eigenvalue weighted by Gasteiger charge is 2.28. The molecule has 0 atom stereocenters. The highest BCUT2D eigenvalue weighted by molar-refractivity contribution is 7.89. The van der Waals surface area contributed by atoms with Crippen molar-refractivity contribution in [1.82, 2.24) is 24.1 Å². The zero-order chi connectivity index (χ0) is 24.6. The molecule has 3 aromatic rings. The number of nitrogens with zero attached hydrogens (tertiary/aromatic N) is 5. The number of nitrogens with one attached hydrogen (secondary N) is 1. The van der Waals surface area contributed by atoms with E-state index in [0.29, 0.717) is 29.1 Å². The number of aryl methyl sites for hydroxylation is 1. The summed E-state index contributed by atoms with van der Waals surface area (Å²) in [5, 5.41) is 11.0. The molecule has 1 amide bonds. The van der Waals surface area contributed by atoms with Gasteiger partial charge >= 0.3 is 0 Å². The van der Waals surface area contributed by atoms with Crippen LogP contribution in [0.3, 0.4) is 0 Å². The maximum atomic E-state index is 14.8. The van der Waals surface area contributed by atoms with Crippen molar-refractivity contribution < 1.29 is 22.3 Å². The minimum atomic E-state index is -3.52.